The summed E-state index contributed by atoms with van der Waals surface area (Å²) in [6.45, 7) is 11.6. The predicted octanol–water partition coefficient (Wildman–Crippen LogP) is 1.43. The van der Waals surface area contributed by atoms with E-state index < -0.39 is 0 Å². The molecule has 4 heterocycles. The Morgan fingerprint density at radius 2 is 2.15 bits per heavy atom. The number of hydrogen-bond donors (Lipinski definition) is 1. The molecule has 0 aliphatic carbocycles. The Balaban J connectivity index is 1.84. The lowest BCUT2D eigenvalue weighted by Crippen LogP contribution is -2.64. The number of nitrogens with one attached hydrogen (secondary N) is 1. The molecule has 3 aliphatic heterocycles. The quantitative estimate of drug-likeness (QED) is 0.880. The Bertz CT molecular complexity index is 440. The van der Waals surface area contributed by atoms with Crippen molar-refractivity contribution in [2.24, 2.45) is 0 Å². The van der Waals surface area contributed by atoms with Crippen molar-refractivity contribution in [2.75, 3.05) is 39.3 Å². The molecular weight excluding hydrogens is 248 g/mol. The fourth-order valence-electron chi connectivity index (χ4n) is 3.53. The summed E-state index contributed by atoms with van der Waals surface area (Å²) in [5, 5.41) is 3.77. The van der Waals surface area contributed by atoms with Crippen LogP contribution >= 0.6 is 0 Å². The van der Waals surface area contributed by atoms with Crippen molar-refractivity contribution in [1.29, 1.82) is 0 Å². The van der Waals surface area contributed by atoms with Gasteiger partial charge in [-0.25, -0.2) is 0 Å². The summed E-state index contributed by atoms with van der Waals surface area (Å²) in [6.07, 6.45) is 5.13. The molecule has 0 spiro atoms. The third kappa shape index (κ3) is 2.73. The highest BCUT2D eigenvalue weighted by atomic mass is 15.4. The third-order valence-corrected chi connectivity index (χ3v) is 4.73. The number of rotatable bonds is 5. The summed E-state index contributed by atoms with van der Waals surface area (Å²) >= 11 is 0. The Hall–Kier alpha value is -0.970. The third-order valence-electron chi connectivity index (χ3n) is 4.73. The summed E-state index contributed by atoms with van der Waals surface area (Å²) in [6, 6.07) is 3.13. The highest BCUT2D eigenvalue weighted by Crippen LogP contribution is 2.28. The van der Waals surface area contributed by atoms with Crippen LogP contribution in [0.1, 0.15) is 30.5 Å². The van der Waals surface area contributed by atoms with Crippen molar-refractivity contribution < 1.29 is 0 Å². The maximum Gasteiger partial charge on any atom is 0.0508 e. The van der Waals surface area contributed by atoms with E-state index in [1.807, 2.05) is 6.20 Å². The molecule has 1 N–H and O–H groups in total. The van der Waals surface area contributed by atoms with Crippen LogP contribution < -0.4 is 5.32 Å². The minimum Gasteiger partial charge on any atom is -0.309 e. The number of aromatic nitrogens is 1. The molecule has 2 bridgehead atoms. The van der Waals surface area contributed by atoms with E-state index in [4.69, 9.17) is 0 Å². The number of aryl methyl sites for hydroxylation is 1. The van der Waals surface area contributed by atoms with Crippen molar-refractivity contribution in [3.05, 3.63) is 29.6 Å². The van der Waals surface area contributed by atoms with E-state index in [-0.39, 0.29) is 0 Å². The lowest BCUT2D eigenvalue weighted by Gasteiger charge is -2.50. The molecule has 1 aromatic rings. The van der Waals surface area contributed by atoms with Gasteiger partial charge in [-0.05, 0) is 37.1 Å². The van der Waals surface area contributed by atoms with Crippen molar-refractivity contribution in [2.45, 2.75) is 32.4 Å². The molecule has 1 aromatic heterocycles. The lowest BCUT2D eigenvalue weighted by molar-refractivity contribution is -0.00378. The van der Waals surface area contributed by atoms with E-state index in [1.54, 1.807) is 0 Å². The zero-order valence-corrected chi connectivity index (χ0v) is 12.7. The van der Waals surface area contributed by atoms with Crippen molar-refractivity contribution in [3.63, 3.8) is 0 Å². The molecule has 4 heteroatoms. The number of piperazine rings is 3. The molecule has 110 valence electrons. The molecular formula is C16H26N4. The number of pyridine rings is 1. The average Bonchev–Trinajstić information content (AvgIpc) is 2.50. The van der Waals surface area contributed by atoms with Gasteiger partial charge in [0.15, 0.2) is 0 Å². The van der Waals surface area contributed by atoms with Gasteiger partial charge in [0, 0.05) is 51.2 Å². The fourth-order valence-corrected chi connectivity index (χ4v) is 3.53. The monoisotopic (exact) mass is 274 g/mol. The topological polar surface area (TPSA) is 31.4 Å². The van der Waals surface area contributed by atoms with E-state index in [0.29, 0.717) is 12.1 Å². The van der Waals surface area contributed by atoms with Crippen molar-refractivity contribution in [1.82, 2.24) is 20.1 Å². The molecule has 0 aromatic carbocycles. The minimum absolute atomic E-state index is 0.409. The van der Waals surface area contributed by atoms with Crippen LogP contribution in [0.2, 0.25) is 0 Å². The summed E-state index contributed by atoms with van der Waals surface area (Å²) in [5.74, 6) is 0. The van der Waals surface area contributed by atoms with Crippen molar-refractivity contribution >= 4 is 0 Å². The molecule has 2 unspecified atom stereocenters. The first-order valence-electron chi connectivity index (χ1n) is 7.90. The van der Waals surface area contributed by atoms with Crippen LogP contribution in [-0.2, 0) is 0 Å². The van der Waals surface area contributed by atoms with Crippen LogP contribution in [0.5, 0.6) is 0 Å². The first kappa shape index (κ1) is 14.0. The van der Waals surface area contributed by atoms with Gasteiger partial charge in [-0.15, -0.1) is 0 Å². The Morgan fingerprint density at radius 3 is 2.75 bits per heavy atom. The van der Waals surface area contributed by atoms with Gasteiger partial charge in [0.25, 0.3) is 0 Å². The number of nitrogens with zero attached hydrogens (tertiary/aromatic N) is 3. The van der Waals surface area contributed by atoms with E-state index in [1.165, 1.54) is 50.3 Å². The maximum absolute atomic E-state index is 4.36. The normalized spacial score (nSPS) is 30.4. The summed E-state index contributed by atoms with van der Waals surface area (Å²) < 4.78 is 0. The van der Waals surface area contributed by atoms with Crippen LogP contribution in [0.3, 0.4) is 0 Å². The zero-order chi connectivity index (χ0) is 13.9. The van der Waals surface area contributed by atoms with E-state index in [2.05, 4.69) is 46.2 Å². The zero-order valence-electron chi connectivity index (χ0n) is 12.7. The lowest BCUT2D eigenvalue weighted by atomic mass is 9.92. The van der Waals surface area contributed by atoms with E-state index >= 15 is 0 Å². The molecule has 3 fully saturated rings. The molecule has 0 saturated carbocycles. The van der Waals surface area contributed by atoms with E-state index in [0.717, 1.165) is 6.54 Å². The molecule has 20 heavy (non-hydrogen) atoms. The van der Waals surface area contributed by atoms with Gasteiger partial charge >= 0.3 is 0 Å². The SMILES string of the molecule is CCCNC(c1cnccc1C)C1CN2CCN1CC2. The maximum atomic E-state index is 4.36. The molecule has 0 amide bonds. The predicted molar refractivity (Wildman–Crippen MR) is 81.8 cm³/mol. The molecule has 4 nitrogen and oxygen atoms in total. The number of fused-ring (bicyclic) bond motifs is 3. The standard InChI is InChI=1S/C16H26N4/c1-3-5-18-16(14-11-17-6-4-13(14)2)15-12-19-7-9-20(15)10-8-19/h4,6,11,15-16,18H,3,5,7-10,12H2,1-2H3. The molecule has 4 rings (SSSR count). The first-order valence-corrected chi connectivity index (χ1v) is 7.90. The number of hydrogen-bond acceptors (Lipinski definition) is 4. The van der Waals surface area contributed by atoms with Gasteiger partial charge in [-0.3, -0.25) is 14.8 Å². The van der Waals surface area contributed by atoms with Crippen LogP contribution in [0.4, 0.5) is 0 Å². The summed E-state index contributed by atoms with van der Waals surface area (Å²) in [7, 11) is 0. The average molecular weight is 274 g/mol. The van der Waals surface area contributed by atoms with Crippen LogP contribution in [0, 0.1) is 6.92 Å². The summed E-state index contributed by atoms with van der Waals surface area (Å²) in [5.41, 5.74) is 2.73. The van der Waals surface area contributed by atoms with Gasteiger partial charge in [-0.1, -0.05) is 6.92 Å². The van der Waals surface area contributed by atoms with Gasteiger partial charge < -0.3 is 5.32 Å². The smallest absolute Gasteiger partial charge is 0.0508 e. The fraction of sp³-hybridized carbons (Fsp3) is 0.688. The molecule has 2 atom stereocenters. The highest BCUT2D eigenvalue weighted by Gasteiger charge is 2.37. The molecule has 3 aliphatic rings. The second-order valence-corrected chi connectivity index (χ2v) is 6.07. The van der Waals surface area contributed by atoms with Gasteiger partial charge in [0.1, 0.15) is 0 Å². The van der Waals surface area contributed by atoms with E-state index in [9.17, 15) is 0 Å². The van der Waals surface area contributed by atoms with Gasteiger partial charge in [0.05, 0.1) is 6.04 Å². The second-order valence-electron chi connectivity index (χ2n) is 6.07. The first-order chi connectivity index (χ1) is 9.79. The van der Waals surface area contributed by atoms with Crippen molar-refractivity contribution in [3.8, 4) is 0 Å². The summed E-state index contributed by atoms with van der Waals surface area (Å²) in [4.78, 5) is 9.63. The molecule has 3 saturated heterocycles. The van der Waals surface area contributed by atoms with Gasteiger partial charge in [0.2, 0.25) is 0 Å². The van der Waals surface area contributed by atoms with Crippen LogP contribution in [-0.4, -0.2) is 60.1 Å². The Labute approximate surface area is 122 Å². The molecule has 0 radical (unpaired) electrons. The van der Waals surface area contributed by atoms with Crippen LogP contribution in [0.25, 0.3) is 0 Å². The Morgan fingerprint density at radius 1 is 1.35 bits per heavy atom. The highest BCUT2D eigenvalue weighted by molar-refractivity contribution is 5.27. The second kappa shape index (κ2) is 6.20. The van der Waals surface area contributed by atoms with Gasteiger partial charge in [-0.2, -0.15) is 0 Å². The Kier molecular flexibility index (Phi) is 4.34. The minimum atomic E-state index is 0.409. The largest absolute Gasteiger partial charge is 0.309 e. The van der Waals surface area contributed by atoms with Crippen LogP contribution in [0.15, 0.2) is 18.5 Å².